The lowest BCUT2D eigenvalue weighted by Crippen LogP contribution is -2.05. The summed E-state index contributed by atoms with van der Waals surface area (Å²) in [7, 11) is 1.40. The molecule has 1 aromatic carbocycles. The zero-order valence-electron chi connectivity index (χ0n) is 13.0. The van der Waals surface area contributed by atoms with Crippen LogP contribution < -0.4 is 0 Å². The van der Waals surface area contributed by atoms with Crippen LogP contribution in [0.15, 0.2) is 28.7 Å². The predicted octanol–water partition coefficient (Wildman–Crippen LogP) is 4.22. The average Bonchev–Trinajstić information content (AvgIpc) is 2.89. The van der Waals surface area contributed by atoms with Gasteiger partial charge in [0.25, 0.3) is 0 Å². The van der Waals surface area contributed by atoms with E-state index in [1.807, 2.05) is 6.92 Å². The van der Waals surface area contributed by atoms with E-state index in [9.17, 15) is 4.79 Å². The van der Waals surface area contributed by atoms with Gasteiger partial charge in [0.15, 0.2) is 0 Å². The first-order chi connectivity index (χ1) is 10.6. The summed E-state index contributed by atoms with van der Waals surface area (Å²) < 4.78 is 5.92. The van der Waals surface area contributed by atoms with Crippen molar-refractivity contribution in [3.05, 3.63) is 51.3 Å². The third kappa shape index (κ3) is 4.44. The highest BCUT2D eigenvalue weighted by Crippen LogP contribution is 2.16. The van der Waals surface area contributed by atoms with Crippen LogP contribution in [0, 0.1) is 6.92 Å². The van der Waals surface area contributed by atoms with Gasteiger partial charge in [-0.3, -0.25) is 5.10 Å². The molecule has 0 saturated carbocycles. The summed E-state index contributed by atoms with van der Waals surface area (Å²) in [5.74, 6) is -0.309. The smallest absolute Gasteiger partial charge is 0.341 e. The Hall–Kier alpha value is -1.62. The lowest BCUT2D eigenvalue weighted by atomic mass is 10.0. The first-order valence-electron chi connectivity index (χ1n) is 7.48. The SMILES string of the molecule is COC(=O)c1c(CCCCCc2ccc(Br)cc2)n[nH]c1C. The van der Waals surface area contributed by atoms with E-state index in [1.165, 1.54) is 12.7 Å². The molecule has 1 N–H and O–H groups in total. The van der Waals surface area contributed by atoms with E-state index in [1.54, 1.807) is 0 Å². The van der Waals surface area contributed by atoms with Crippen molar-refractivity contribution in [1.82, 2.24) is 10.2 Å². The molecule has 0 aliphatic carbocycles. The van der Waals surface area contributed by atoms with Gasteiger partial charge in [0, 0.05) is 10.2 Å². The molecule has 2 aromatic rings. The van der Waals surface area contributed by atoms with Crippen LogP contribution in [0.5, 0.6) is 0 Å². The second kappa shape index (κ2) is 8.13. The van der Waals surface area contributed by atoms with Crippen LogP contribution in [0.25, 0.3) is 0 Å². The molecular weight excluding hydrogens is 344 g/mol. The van der Waals surface area contributed by atoms with Crippen LogP contribution in [0.1, 0.15) is 46.6 Å². The summed E-state index contributed by atoms with van der Waals surface area (Å²) in [6.07, 6.45) is 5.15. The number of H-pyrrole nitrogens is 1. The van der Waals surface area contributed by atoms with Gasteiger partial charge in [-0.05, 0) is 50.3 Å². The zero-order valence-corrected chi connectivity index (χ0v) is 14.6. The van der Waals surface area contributed by atoms with Crippen molar-refractivity contribution in [2.45, 2.75) is 39.0 Å². The van der Waals surface area contributed by atoms with Gasteiger partial charge in [0.1, 0.15) is 5.56 Å². The van der Waals surface area contributed by atoms with Crippen LogP contribution >= 0.6 is 15.9 Å². The fourth-order valence-corrected chi connectivity index (χ4v) is 2.75. The summed E-state index contributed by atoms with van der Waals surface area (Å²) in [6.45, 7) is 1.84. The van der Waals surface area contributed by atoms with E-state index in [4.69, 9.17) is 4.74 Å². The molecule has 0 saturated heterocycles. The monoisotopic (exact) mass is 364 g/mol. The van der Waals surface area contributed by atoms with Gasteiger partial charge in [0.2, 0.25) is 0 Å². The molecule has 1 heterocycles. The largest absolute Gasteiger partial charge is 0.465 e. The Kier molecular flexibility index (Phi) is 6.19. The standard InChI is InChI=1S/C17H21BrN2O2/c1-12-16(17(21)22-2)15(20-19-12)7-5-3-4-6-13-8-10-14(18)11-9-13/h8-11H,3-7H2,1-2H3,(H,19,20). The number of esters is 1. The minimum Gasteiger partial charge on any atom is -0.465 e. The number of carbonyl (C=O) groups excluding carboxylic acids is 1. The van der Waals surface area contributed by atoms with Gasteiger partial charge in [-0.1, -0.05) is 34.5 Å². The van der Waals surface area contributed by atoms with E-state index in [-0.39, 0.29) is 5.97 Å². The third-order valence-corrected chi connectivity index (χ3v) is 4.23. The molecule has 0 amide bonds. The van der Waals surface area contributed by atoms with E-state index >= 15 is 0 Å². The van der Waals surface area contributed by atoms with Crippen molar-refractivity contribution in [3.8, 4) is 0 Å². The van der Waals surface area contributed by atoms with E-state index < -0.39 is 0 Å². The van der Waals surface area contributed by atoms with Crippen LogP contribution in [0.2, 0.25) is 0 Å². The summed E-state index contributed by atoms with van der Waals surface area (Å²) in [5.41, 5.74) is 3.54. The second-order valence-corrected chi connectivity index (χ2v) is 6.26. The number of halogens is 1. The molecule has 1 aromatic heterocycles. The molecular formula is C17H21BrN2O2. The summed E-state index contributed by atoms with van der Waals surface area (Å²) in [6, 6.07) is 8.45. The fourth-order valence-electron chi connectivity index (χ4n) is 2.48. The van der Waals surface area contributed by atoms with Crippen LogP contribution in [0.4, 0.5) is 0 Å². The van der Waals surface area contributed by atoms with Crippen LogP contribution in [0.3, 0.4) is 0 Å². The Morgan fingerprint density at radius 1 is 1.18 bits per heavy atom. The first kappa shape index (κ1) is 16.7. The summed E-state index contributed by atoms with van der Waals surface area (Å²) in [4.78, 5) is 11.7. The van der Waals surface area contributed by atoms with E-state index in [0.29, 0.717) is 5.56 Å². The molecule has 0 atom stereocenters. The third-order valence-electron chi connectivity index (χ3n) is 3.70. The highest BCUT2D eigenvalue weighted by Gasteiger charge is 2.17. The Bertz CT molecular complexity index is 620. The normalized spacial score (nSPS) is 10.7. The Morgan fingerprint density at radius 2 is 1.86 bits per heavy atom. The number of aryl methyl sites for hydroxylation is 3. The van der Waals surface area contributed by atoms with Crippen LogP contribution in [-0.2, 0) is 17.6 Å². The fraction of sp³-hybridized carbons (Fsp3) is 0.412. The molecule has 0 unspecified atom stereocenters. The van der Waals surface area contributed by atoms with Crippen LogP contribution in [-0.4, -0.2) is 23.3 Å². The number of nitrogens with one attached hydrogen (secondary N) is 1. The molecule has 0 bridgehead atoms. The lowest BCUT2D eigenvalue weighted by molar-refractivity contribution is 0.0598. The highest BCUT2D eigenvalue weighted by atomic mass is 79.9. The minimum atomic E-state index is -0.309. The number of carbonyl (C=O) groups is 1. The molecule has 4 nitrogen and oxygen atoms in total. The highest BCUT2D eigenvalue weighted by molar-refractivity contribution is 9.10. The molecule has 0 fully saturated rings. The maximum Gasteiger partial charge on any atom is 0.341 e. The van der Waals surface area contributed by atoms with E-state index in [2.05, 4.69) is 50.4 Å². The van der Waals surface area contributed by atoms with Crippen molar-refractivity contribution >= 4 is 21.9 Å². The zero-order chi connectivity index (χ0) is 15.9. The Labute approximate surface area is 139 Å². The number of benzene rings is 1. The van der Waals surface area contributed by atoms with Gasteiger partial charge in [-0.15, -0.1) is 0 Å². The molecule has 0 aliphatic rings. The predicted molar refractivity (Wildman–Crippen MR) is 90.1 cm³/mol. The van der Waals surface area contributed by atoms with Crippen molar-refractivity contribution in [2.75, 3.05) is 7.11 Å². The Balaban J connectivity index is 1.77. The number of unbranched alkanes of at least 4 members (excludes halogenated alkanes) is 2. The minimum absolute atomic E-state index is 0.309. The number of rotatable bonds is 7. The Morgan fingerprint density at radius 3 is 2.55 bits per heavy atom. The van der Waals surface area contributed by atoms with Crippen molar-refractivity contribution in [3.63, 3.8) is 0 Å². The molecule has 22 heavy (non-hydrogen) atoms. The van der Waals surface area contributed by atoms with Crippen molar-refractivity contribution in [2.24, 2.45) is 0 Å². The molecule has 118 valence electrons. The van der Waals surface area contributed by atoms with Crippen molar-refractivity contribution in [1.29, 1.82) is 0 Å². The number of ether oxygens (including phenoxy) is 1. The molecule has 2 rings (SSSR count). The maximum atomic E-state index is 11.7. The maximum absolute atomic E-state index is 11.7. The van der Waals surface area contributed by atoms with E-state index in [0.717, 1.165) is 48.0 Å². The van der Waals surface area contributed by atoms with Gasteiger partial charge in [0.05, 0.1) is 12.8 Å². The van der Waals surface area contributed by atoms with Crippen molar-refractivity contribution < 1.29 is 9.53 Å². The molecule has 0 spiro atoms. The topological polar surface area (TPSA) is 55.0 Å². The van der Waals surface area contributed by atoms with Gasteiger partial charge in [-0.2, -0.15) is 5.10 Å². The van der Waals surface area contributed by atoms with Gasteiger partial charge in [-0.25, -0.2) is 4.79 Å². The molecule has 5 heteroatoms. The molecule has 0 aliphatic heterocycles. The number of hydrogen-bond donors (Lipinski definition) is 1. The second-order valence-electron chi connectivity index (χ2n) is 5.35. The first-order valence-corrected chi connectivity index (χ1v) is 8.27. The lowest BCUT2D eigenvalue weighted by Gasteiger charge is -2.03. The quantitative estimate of drug-likeness (QED) is 0.590. The summed E-state index contributed by atoms with van der Waals surface area (Å²) >= 11 is 3.44. The average molecular weight is 365 g/mol. The number of aromatic amines is 1. The van der Waals surface area contributed by atoms with Gasteiger partial charge >= 0.3 is 5.97 Å². The number of aromatic nitrogens is 2. The molecule has 0 radical (unpaired) electrons. The number of hydrogen-bond acceptors (Lipinski definition) is 3. The van der Waals surface area contributed by atoms with Gasteiger partial charge < -0.3 is 4.74 Å². The number of nitrogens with zero attached hydrogens (tertiary/aromatic N) is 1. The number of methoxy groups -OCH3 is 1. The summed E-state index contributed by atoms with van der Waals surface area (Å²) in [5, 5.41) is 7.09.